The van der Waals surface area contributed by atoms with Crippen molar-refractivity contribution in [2.75, 3.05) is 0 Å². The number of nitrogens with two attached hydrogens (primary N) is 1. The lowest BCUT2D eigenvalue weighted by atomic mass is 10.0. The van der Waals surface area contributed by atoms with Crippen LogP contribution in [0.2, 0.25) is 0 Å². The second kappa shape index (κ2) is 7.69. The summed E-state index contributed by atoms with van der Waals surface area (Å²) in [5, 5.41) is 0. The molecule has 1 heterocycles. The van der Waals surface area contributed by atoms with Gasteiger partial charge in [-0.15, -0.1) is 0 Å². The van der Waals surface area contributed by atoms with E-state index < -0.39 is 0 Å². The average Bonchev–Trinajstić information content (AvgIpc) is 2.70. The van der Waals surface area contributed by atoms with Crippen molar-refractivity contribution in [3.8, 4) is 0 Å². The molecule has 1 unspecified atom stereocenters. The Morgan fingerprint density at radius 2 is 2.14 bits per heavy atom. The lowest BCUT2D eigenvalue weighted by molar-refractivity contribution is 0.672. The Morgan fingerprint density at radius 1 is 1.38 bits per heavy atom. The van der Waals surface area contributed by atoms with E-state index in [1.807, 2.05) is 18.2 Å². The summed E-state index contributed by atoms with van der Waals surface area (Å²) in [7, 11) is 0. The van der Waals surface area contributed by atoms with Gasteiger partial charge in [0.1, 0.15) is 5.82 Å². The van der Waals surface area contributed by atoms with Crippen molar-refractivity contribution in [2.24, 2.45) is 21.6 Å². The van der Waals surface area contributed by atoms with Crippen LogP contribution in [-0.2, 0) is 0 Å². The topological polar surface area (TPSA) is 63.6 Å². The third-order valence-corrected chi connectivity index (χ3v) is 3.65. The van der Waals surface area contributed by atoms with Gasteiger partial charge < -0.3 is 5.73 Å². The molecule has 0 saturated heterocycles. The van der Waals surface area contributed by atoms with Gasteiger partial charge in [0.25, 0.3) is 0 Å². The number of hydrogen-bond donors (Lipinski definition) is 1. The summed E-state index contributed by atoms with van der Waals surface area (Å²) >= 11 is 3.48. The highest BCUT2D eigenvalue weighted by Gasteiger charge is 2.07. The van der Waals surface area contributed by atoms with Gasteiger partial charge in [-0.2, -0.15) is 0 Å². The lowest BCUT2D eigenvalue weighted by Crippen LogP contribution is -2.05. The molecule has 0 aromatic carbocycles. The molecule has 0 radical (unpaired) electrons. The second-order valence-electron chi connectivity index (χ2n) is 4.64. The van der Waals surface area contributed by atoms with Crippen LogP contribution in [0.15, 0.2) is 69.1 Å². The largest absolute Gasteiger partial charge is 0.384 e. The molecule has 1 atom stereocenters. The van der Waals surface area contributed by atoms with Crippen molar-refractivity contribution in [2.45, 2.75) is 12.8 Å². The highest BCUT2D eigenvalue weighted by atomic mass is 79.9. The fourth-order valence-electron chi connectivity index (χ4n) is 2.01. The smallest absolute Gasteiger partial charge is 0.160 e. The van der Waals surface area contributed by atoms with Crippen LogP contribution in [0.5, 0.6) is 0 Å². The molecule has 0 bridgehead atoms. The van der Waals surface area contributed by atoms with Gasteiger partial charge >= 0.3 is 0 Å². The molecule has 1 aromatic heterocycles. The van der Waals surface area contributed by atoms with Crippen LogP contribution >= 0.6 is 15.9 Å². The zero-order valence-corrected chi connectivity index (χ0v) is 13.2. The summed E-state index contributed by atoms with van der Waals surface area (Å²) in [6.45, 7) is 3.55. The van der Waals surface area contributed by atoms with Crippen LogP contribution in [0, 0.1) is 5.92 Å². The Balaban J connectivity index is 2.16. The summed E-state index contributed by atoms with van der Waals surface area (Å²) in [4.78, 5) is 12.3. The number of aliphatic imine (C=N–C) groups is 2. The first-order chi connectivity index (χ1) is 10.2. The van der Waals surface area contributed by atoms with Crippen LogP contribution < -0.4 is 5.73 Å². The first-order valence-corrected chi connectivity index (χ1v) is 7.43. The van der Waals surface area contributed by atoms with E-state index >= 15 is 0 Å². The van der Waals surface area contributed by atoms with Crippen LogP contribution in [-0.4, -0.2) is 17.5 Å². The van der Waals surface area contributed by atoms with Crippen molar-refractivity contribution >= 4 is 28.5 Å². The molecule has 0 amide bonds. The maximum Gasteiger partial charge on any atom is 0.160 e. The zero-order valence-electron chi connectivity index (χ0n) is 11.6. The SMILES string of the molecule is C=N/C(=N\C(N)=CC1CC=CC(Br)=CC1)c1ccncc1. The van der Waals surface area contributed by atoms with Gasteiger partial charge in [0.05, 0.1) is 0 Å². The van der Waals surface area contributed by atoms with Gasteiger partial charge in [0, 0.05) is 22.4 Å². The predicted molar refractivity (Wildman–Crippen MR) is 91.5 cm³/mol. The Hall–Kier alpha value is -2.01. The van der Waals surface area contributed by atoms with E-state index in [0.29, 0.717) is 17.6 Å². The fourth-order valence-corrected chi connectivity index (χ4v) is 2.39. The average molecular weight is 345 g/mol. The summed E-state index contributed by atoms with van der Waals surface area (Å²) in [6.07, 6.45) is 13.5. The number of aromatic nitrogens is 1. The van der Waals surface area contributed by atoms with Crippen molar-refractivity contribution in [1.82, 2.24) is 4.98 Å². The van der Waals surface area contributed by atoms with E-state index in [4.69, 9.17) is 5.73 Å². The van der Waals surface area contributed by atoms with Gasteiger partial charge in [-0.05, 0) is 43.7 Å². The number of allylic oxidation sites excluding steroid dienone is 5. The Labute approximate surface area is 133 Å². The minimum Gasteiger partial charge on any atom is -0.384 e. The highest BCUT2D eigenvalue weighted by molar-refractivity contribution is 9.11. The first kappa shape index (κ1) is 15.4. The molecule has 4 nitrogen and oxygen atoms in total. The second-order valence-corrected chi connectivity index (χ2v) is 5.56. The lowest BCUT2D eigenvalue weighted by Gasteiger charge is -2.07. The molecule has 0 spiro atoms. The van der Waals surface area contributed by atoms with Gasteiger partial charge in [-0.25, -0.2) is 9.98 Å². The van der Waals surface area contributed by atoms with E-state index in [2.05, 4.69) is 55.8 Å². The summed E-state index contributed by atoms with van der Waals surface area (Å²) < 4.78 is 1.10. The Kier molecular flexibility index (Phi) is 5.63. The Bertz CT molecular complexity index is 614. The molecular weight excluding hydrogens is 328 g/mol. The maximum absolute atomic E-state index is 6.02. The minimum atomic E-state index is 0.337. The number of pyridine rings is 1. The number of amidine groups is 1. The number of rotatable bonds is 3. The van der Waals surface area contributed by atoms with Crippen LogP contribution in [0.3, 0.4) is 0 Å². The van der Waals surface area contributed by atoms with Gasteiger partial charge in [0.2, 0.25) is 0 Å². The zero-order chi connectivity index (χ0) is 15.1. The summed E-state index contributed by atoms with van der Waals surface area (Å²) in [5.41, 5.74) is 6.86. The third kappa shape index (κ3) is 4.79. The molecule has 0 fully saturated rings. The molecule has 0 saturated carbocycles. The Morgan fingerprint density at radius 3 is 2.86 bits per heavy atom. The van der Waals surface area contributed by atoms with Crippen LogP contribution in [0.1, 0.15) is 18.4 Å². The van der Waals surface area contributed by atoms with Crippen molar-refractivity contribution < 1.29 is 0 Å². The van der Waals surface area contributed by atoms with E-state index in [1.165, 1.54) is 0 Å². The van der Waals surface area contributed by atoms with Gasteiger partial charge in [-0.3, -0.25) is 4.98 Å². The number of nitrogens with zero attached hydrogens (tertiary/aromatic N) is 3. The molecule has 2 rings (SSSR count). The molecule has 1 aliphatic rings. The molecule has 21 heavy (non-hydrogen) atoms. The molecule has 1 aromatic rings. The third-order valence-electron chi connectivity index (χ3n) is 3.06. The maximum atomic E-state index is 6.02. The summed E-state index contributed by atoms with van der Waals surface area (Å²) in [6, 6.07) is 3.66. The quantitative estimate of drug-likeness (QED) is 0.672. The van der Waals surface area contributed by atoms with Gasteiger partial charge in [0.15, 0.2) is 5.84 Å². The minimum absolute atomic E-state index is 0.337. The van der Waals surface area contributed by atoms with Crippen LogP contribution in [0.4, 0.5) is 0 Å². The van der Waals surface area contributed by atoms with Crippen molar-refractivity contribution in [3.63, 3.8) is 0 Å². The molecule has 5 heteroatoms. The standard InChI is InChI=1S/C16H17BrN4/c1-19-16(13-7-9-20-10-8-13)21-15(18)11-12-3-2-4-14(17)6-5-12/h2,4,6-12H,1,3,5,18H2/b15-11?,21-16-. The first-order valence-electron chi connectivity index (χ1n) is 6.64. The van der Waals surface area contributed by atoms with Gasteiger partial charge in [-0.1, -0.05) is 34.2 Å². The number of halogens is 1. The normalized spacial score (nSPS) is 19.9. The molecule has 0 aliphatic heterocycles. The van der Waals surface area contributed by atoms with Crippen LogP contribution in [0.25, 0.3) is 0 Å². The monoisotopic (exact) mass is 344 g/mol. The molecular formula is C16H17BrN4. The van der Waals surface area contributed by atoms with E-state index in [0.717, 1.165) is 22.9 Å². The predicted octanol–water partition coefficient (Wildman–Crippen LogP) is 3.57. The molecule has 1 aliphatic carbocycles. The summed E-state index contributed by atoms with van der Waals surface area (Å²) in [5.74, 6) is 1.30. The van der Waals surface area contributed by atoms with E-state index in [-0.39, 0.29) is 0 Å². The highest BCUT2D eigenvalue weighted by Crippen LogP contribution is 2.22. The molecule has 108 valence electrons. The van der Waals surface area contributed by atoms with Crippen molar-refractivity contribution in [1.29, 1.82) is 0 Å². The van der Waals surface area contributed by atoms with E-state index in [9.17, 15) is 0 Å². The number of hydrogen-bond acceptors (Lipinski definition) is 3. The fraction of sp³-hybridized carbons (Fsp3) is 0.188. The van der Waals surface area contributed by atoms with Crippen molar-refractivity contribution in [3.05, 3.63) is 64.7 Å². The molecule has 2 N–H and O–H groups in total. The van der Waals surface area contributed by atoms with E-state index in [1.54, 1.807) is 12.4 Å².